The van der Waals surface area contributed by atoms with Gasteiger partial charge in [-0.1, -0.05) is 6.07 Å². The molecule has 10 heteroatoms. The molecular formula is C24H20O10. The standard InChI is InChI=1S/C24H20O10/c25-13-2-1-9(3-15(13)27)23-18(30)6-12-14(26)8-19-21(24(12)34-23)11(7-20(31)33-19)10-4-16(28)22(32)17(29)5-10/h1-5,8,11,18,23,25-30,32H,6-7H2/t11-,18-,23-/m0/s1. The Kier molecular flexibility index (Phi) is 4.83. The Bertz CT molecular complexity index is 1310. The number of phenols is 6. The highest BCUT2D eigenvalue weighted by Gasteiger charge is 2.40. The monoisotopic (exact) mass is 468 g/mol. The third-order valence-corrected chi connectivity index (χ3v) is 6.13. The lowest BCUT2D eigenvalue weighted by Crippen LogP contribution is -2.32. The van der Waals surface area contributed by atoms with Gasteiger partial charge in [-0.25, -0.2) is 0 Å². The molecule has 2 aliphatic rings. The van der Waals surface area contributed by atoms with Crippen LogP contribution in [-0.2, 0) is 11.2 Å². The SMILES string of the molecule is O=C1C[C@@H](c2cc(O)c(O)c(O)c2)c2c(cc(O)c3c2O[C@@H](c2ccc(O)c(O)c2)[C@@H](O)C3)O1. The molecule has 34 heavy (non-hydrogen) atoms. The number of hydrogen-bond acceptors (Lipinski definition) is 10. The summed E-state index contributed by atoms with van der Waals surface area (Å²) in [4.78, 5) is 12.3. The van der Waals surface area contributed by atoms with Crippen molar-refractivity contribution in [2.45, 2.75) is 31.0 Å². The first-order valence-electron chi connectivity index (χ1n) is 10.3. The Balaban J connectivity index is 1.67. The van der Waals surface area contributed by atoms with Gasteiger partial charge in [0, 0.05) is 29.5 Å². The van der Waals surface area contributed by atoms with E-state index in [1.165, 1.54) is 36.4 Å². The van der Waals surface area contributed by atoms with Gasteiger partial charge in [-0.2, -0.15) is 0 Å². The topological polar surface area (TPSA) is 177 Å². The number of phenolic OH excluding ortho intramolecular Hbond substituents is 6. The maximum absolute atomic E-state index is 12.3. The zero-order valence-electron chi connectivity index (χ0n) is 17.5. The number of aliphatic hydroxyl groups is 1. The van der Waals surface area contributed by atoms with Crippen LogP contribution in [0.3, 0.4) is 0 Å². The minimum absolute atomic E-state index is 0.00764. The molecule has 176 valence electrons. The Labute approximate surface area is 192 Å². The van der Waals surface area contributed by atoms with Crippen molar-refractivity contribution < 1.29 is 50.0 Å². The second-order valence-corrected chi connectivity index (χ2v) is 8.31. The lowest BCUT2D eigenvalue weighted by molar-refractivity contribution is -0.135. The molecule has 0 unspecified atom stereocenters. The molecule has 0 aliphatic carbocycles. The maximum atomic E-state index is 12.3. The highest BCUT2D eigenvalue weighted by molar-refractivity contribution is 5.80. The highest BCUT2D eigenvalue weighted by atomic mass is 16.5. The molecule has 10 nitrogen and oxygen atoms in total. The van der Waals surface area contributed by atoms with E-state index < -0.39 is 47.1 Å². The molecule has 0 spiro atoms. The van der Waals surface area contributed by atoms with Crippen molar-refractivity contribution >= 4 is 5.97 Å². The average Bonchev–Trinajstić information content (AvgIpc) is 2.78. The first-order chi connectivity index (χ1) is 16.1. The fourth-order valence-electron chi connectivity index (χ4n) is 4.50. The molecule has 0 saturated carbocycles. The highest BCUT2D eigenvalue weighted by Crippen LogP contribution is 2.53. The minimum Gasteiger partial charge on any atom is -0.507 e. The van der Waals surface area contributed by atoms with Crippen molar-refractivity contribution in [1.29, 1.82) is 0 Å². The Morgan fingerprint density at radius 3 is 2.12 bits per heavy atom. The number of aliphatic hydroxyl groups excluding tert-OH is 1. The van der Waals surface area contributed by atoms with E-state index in [4.69, 9.17) is 9.47 Å². The fraction of sp³-hybridized carbons (Fsp3) is 0.208. The van der Waals surface area contributed by atoms with E-state index in [-0.39, 0.29) is 47.0 Å². The summed E-state index contributed by atoms with van der Waals surface area (Å²) in [6.07, 6.45) is -2.34. The number of hydrogen-bond donors (Lipinski definition) is 7. The molecule has 2 aliphatic heterocycles. The van der Waals surface area contributed by atoms with Crippen LogP contribution in [0.1, 0.15) is 40.7 Å². The van der Waals surface area contributed by atoms with E-state index in [0.717, 1.165) is 0 Å². The van der Waals surface area contributed by atoms with Crippen LogP contribution >= 0.6 is 0 Å². The second kappa shape index (κ2) is 7.63. The maximum Gasteiger partial charge on any atom is 0.312 e. The van der Waals surface area contributed by atoms with Gasteiger partial charge in [0.25, 0.3) is 0 Å². The minimum atomic E-state index is -1.12. The second-order valence-electron chi connectivity index (χ2n) is 8.31. The van der Waals surface area contributed by atoms with Crippen LogP contribution in [0.25, 0.3) is 0 Å². The van der Waals surface area contributed by atoms with Gasteiger partial charge in [-0.15, -0.1) is 0 Å². The Hall–Kier alpha value is -4.31. The van der Waals surface area contributed by atoms with Gasteiger partial charge in [0.15, 0.2) is 28.7 Å². The summed E-state index contributed by atoms with van der Waals surface area (Å²) < 4.78 is 11.4. The Morgan fingerprint density at radius 1 is 0.765 bits per heavy atom. The molecule has 7 N–H and O–H groups in total. The lowest BCUT2D eigenvalue weighted by atomic mass is 9.82. The van der Waals surface area contributed by atoms with Crippen LogP contribution in [0.2, 0.25) is 0 Å². The van der Waals surface area contributed by atoms with Crippen LogP contribution in [0, 0.1) is 0 Å². The molecular weight excluding hydrogens is 448 g/mol. The number of carbonyl (C=O) groups is 1. The van der Waals surface area contributed by atoms with Crippen molar-refractivity contribution in [2.75, 3.05) is 0 Å². The van der Waals surface area contributed by atoms with E-state index in [1.807, 2.05) is 0 Å². The summed E-state index contributed by atoms with van der Waals surface area (Å²) in [6, 6.07) is 7.61. The largest absolute Gasteiger partial charge is 0.507 e. The van der Waals surface area contributed by atoms with Gasteiger partial charge in [0.05, 0.1) is 12.5 Å². The molecule has 0 bridgehead atoms. The smallest absolute Gasteiger partial charge is 0.312 e. The Morgan fingerprint density at radius 2 is 1.44 bits per heavy atom. The van der Waals surface area contributed by atoms with Gasteiger partial charge in [0.1, 0.15) is 23.4 Å². The zero-order valence-corrected chi connectivity index (χ0v) is 17.5. The molecule has 3 aromatic carbocycles. The molecule has 5 rings (SSSR count). The van der Waals surface area contributed by atoms with Gasteiger partial charge < -0.3 is 45.2 Å². The molecule has 3 atom stereocenters. The molecule has 2 heterocycles. The predicted molar refractivity (Wildman–Crippen MR) is 114 cm³/mol. The summed E-state index contributed by atoms with van der Waals surface area (Å²) >= 11 is 0. The van der Waals surface area contributed by atoms with Crippen molar-refractivity contribution in [3.05, 3.63) is 58.7 Å². The summed E-state index contributed by atoms with van der Waals surface area (Å²) in [5, 5.41) is 70.5. The lowest BCUT2D eigenvalue weighted by Gasteiger charge is -2.36. The van der Waals surface area contributed by atoms with Crippen LogP contribution in [0.15, 0.2) is 36.4 Å². The number of fused-ring (bicyclic) bond motifs is 3. The number of esters is 1. The van der Waals surface area contributed by atoms with Gasteiger partial charge in [-0.3, -0.25) is 4.79 Å². The molecule has 0 radical (unpaired) electrons. The molecule has 0 fully saturated rings. The van der Waals surface area contributed by atoms with E-state index >= 15 is 0 Å². The third-order valence-electron chi connectivity index (χ3n) is 6.13. The van der Waals surface area contributed by atoms with Crippen molar-refractivity contribution in [3.8, 4) is 46.0 Å². The van der Waals surface area contributed by atoms with Crippen molar-refractivity contribution in [2.24, 2.45) is 0 Å². The van der Waals surface area contributed by atoms with Gasteiger partial charge >= 0.3 is 5.97 Å². The fourth-order valence-corrected chi connectivity index (χ4v) is 4.50. The van der Waals surface area contributed by atoms with E-state index in [9.17, 15) is 40.5 Å². The van der Waals surface area contributed by atoms with E-state index in [1.54, 1.807) is 0 Å². The molecule has 3 aromatic rings. The summed E-state index contributed by atoms with van der Waals surface area (Å²) in [6.45, 7) is 0. The summed E-state index contributed by atoms with van der Waals surface area (Å²) in [7, 11) is 0. The third kappa shape index (κ3) is 3.35. The molecule has 0 amide bonds. The van der Waals surface area contributed by atoms with E-state index in [0.29, 0.717) is 11.1 Å². The van der Waals surface area contributed by atoms with Gasteiger partial charge in [0.2, 0.25) is 0 Å². The normalized spacial score (nSPS) is 21.2. The molecule has 0 aromatic heterocycles. The average molecular weight is 468 g/mol. The number of benzene rings is 3. The number of rotatable bonds is 2. The number of aromatic hydroxyl groups is 6. The zero-order chi connectivity index (χ0) is 24.3. The first kappa shape index (κ1) is 21.5. The van der Waals surface area contributed by atoms with Crippen LogP contribution in [-0.4, -0.2) is 47.8 Å². The van der Waals surface area contributed by atoms with Gasteiger partial charge in [-0.05, 0) is 35.4 Å². The van der Waals surface area contributed by atoms with Crippen molar-refractivity contribution in [1.82, 2.24) is 0 Å². The number of ether oxygens (including phenoxy) is 2. The summed E-state index contributed by atoms with van der Waals surface area (Å²) in [5.74, 6) is -4.15. The van der Waals surface area contributed by atoms with Crippen LogP contribution in [0.4, 0.5) is 0 Å². The number of carbonyl (C=O) groups excluding carboxylic acids is 1. The first-order valence-corrected chi connectivity index (χ1v) is 10.3. The van der Waals surface area contributed by atoms with Crippen LogP contribution in [0.5, 0.6) is 46.0 Å². The molecule has 0 saturated heterocycles. The predicted octanol–water partition coefficient (Wildman–Crippen LogP) is 2.40. The van der Waals surface area contributed by atoms with Crippen LogP contribution < -0.4 is 9.47 Å². The van der Waals surface area contributed by atoms with Crippen molar-refractivity contribution in [3.63, 3.8) is 0 Å². The van der Waals surface area contributed by atoms with E-state index in [2.05, 4.69) is 0 Å². The summed E-state index contributed by atoms with van der Waals surface area (Å²) in [5.41, 5.74) is 1.25. The quantitative estimate of drug-likeness (QED) is 0.168.